The highest BCUT2D eigenvalue weighted by Crippen LogP contribution is 2.37. The van der Waals surface area contributed by atoms with Gasteiger partial charge >= 0.3 is 6.61 Å². The number of amides is 1. The van der Waals surface area contributed by atoms with Gasteiger partial charge in [0.2, 0.25) is 0 Å². The molecule has 0 saturated heterocycles. The Morgan fingerprint density at radius 2 is 2.25 bits per heavy atom. The molecule has 0 radical (unpaired) electrons. The maximum Gasteiger partial charge on any atom is 0.387 e. The minimum atomic E-state index is -3.03. The van der Waals surface area contributed by atoms with Crippen LogP contribution in [0.1, 0.15) is 15.9 Å². The number of carbonyl (C=O) groups excluding carboxylic acids is 1. The summed E-state index contributed by atoms with van der Waals surface area (Å²) in [6, 6.07) is 5.93. The van der Waals surface area contributed by atoms with Crippen LogP contribution >= 0.6 is 11.6 Å². The van der Waals surface area contributed by atoms with E-state index >= 15 is 0 Å². The van der Waals surface area contributed by atoms with Gasteiger partial charge in [-0.3, -0.25) is 9.78 Å². The van der Waals surface area contributed by atoms with Crippen molar-refractivity contribution in [1.29, 1.82) is 0 Å². The molecule has 1 N–H and O–H groups in total. The number of nitrogens with zero attached hydrogens (tertiary/aromatic N) is 2. The predicted octanol–water partition coefficient (Wildman–Crippen LogP) is 3.11. The van der Waals surface area contributed by atoms with Gasteiger partial charge in [-0.2, -0.15) is 13.9 Å². The lowest BCUT2D eigenvalue weighted by molar-refractivity contribution is -0.0511. The van der Waals surface area contributed by atoms with E-state index < -0.39 is 12.5 Å². The second-order valence-corrected chi connectivity index (χ2v) is 4.76. The van der Waals surface area contributed by atoms with Crippen LogP contribution in [-0.2, 0) is 0 Å². The number of pyridine rings is 1. The molecule has 24 heavy (non-hydrogen) atoms. The molecule has 0 saturated carbocycles. The number of halogens is 3. The van der Waals surface area contributed by atoms with E-state index in [0.29, 0.717) is 11.1 Å². The van der Waals surface area contributed by atoms with E-state index in [4.69, 9.17) is 16.3 Å². The standard InChI is InChI=1S/C15H12ClF2N3O3/c1-23-12-6-9(5-11(16)13(12)24-15(17)18)7-20-21-14(22)10-3-2-4-19-8-10/h2-8,15H,1H3,(H,21,22)/b20-7-. The normalized spacial score (nSPS) is 10.9. The zero-order valence-electron chi connectivity index (χ0n) is 12.4. The van der Waals surface area contributed by atoms with E-state index in [1.54, 1.807) is 12.1 Å². The number of rotatable bonds is 6. The van der Waals surface area contributed by atoms with Crippen LogP contribution in [0.2, 0.25) is 5.02 Å². The lowest BCUT2D eigenvalue weighted by Crippen LogP contribution is -2.17. The summed E-state index contributed by atoms with van der Waals surface area (Å²) in [6.07, 6.45) is 4.22. The van der Waals surface area contributed by atoms with E-state index in [-0.39, 0.29) is 16.5 Å². The van der Waals surface area contributed by atoms with Crippen molar-refractivity contribution in [1.82, 2.24) is 10.4 Å². The molecule has 6 nitrogen and oxygen atoms in total. The molecule has 0 spiro atoms. The molecule has 1 heterocycles. The van der Waals surface area contributed by atoms with Crippen molar-refractivity contribution in [2.45, 2.75) is 6.61 Å². The Labute approximate surface area is 141 Å². The fourth-order valence-corrected chi connectivity index (χ4v) is 2.01. The smallest absolute Gasteiger partial charge is 0.387 e. The van der Waals surface area contributed by atoms with Gasteiger partial charge in [0.15, 0.2) is 11.5 Å². The number of hydrazone groups is 1. The number of methoxy groups -OCH3 is 1. The van der Waals surface area contributed by atoms with Gasteiger partial charge < -0.3 is 9.47 Å². The highest BCUT2D eigenvalue weighted by molar-refractivity contribution is 6.32. The number of nitrogens with one attached hydrogen (secondary N) is 1. The van der Waals surface area contributed by atoms with Crippen LogP contribution in [0.4, 0.5) is 8.78 Å². The Morgan fingerprint density at radius 1 is 1.46 bits per heavy atom. The molecule has 126 valence electrons. The zero-order chi connectivity index (χ0) is 17.5. The van der Waals surface area contributed by atoms with Crippen LogP contribution in [0, 0.1) is 0 Å². The number of hydrogen-bond donors (Lipinski definition) is 1. The molecule has 0 aliphatic heterocycles. The van der Waals surface area contributed by atoms with Gasteiger partial charge in [-0.05, 0) is 29.8 Å². The minimum absolute atomic E-state index is 0.0165. The monoisotopic (exact) mass is 355 g/mol. The summed E-state index contributed by atoms with van der Waals surface area (Å²) in [5.74, 6) is -0.705. The molecule has 0 aliphatic carbocycles. The average molecular weight is 356 g/mol. The maximum absolute atomic E-state index is 12.4. The number of carbonyl (C=O) groups is 1. The third kappa shape index (κ3) is 4.63. The molecule has 2 aromatic rings. The SMILES string of the molecule is COc1cc(/C=N\NC(=O)c2cccnc2)cc(Cl)c1OC(F)F. The minimum Gasteiger partial charge on any atom is -0.493 e. The van der Waals surface area contributed by atoms with Crippen LogP contribution in [-0.4, -0.2) is 30.8 Å². The number of alkyl halides is 2. The molecule has 1 amide bonds. The van der Waals surface area contributed by atoms with Crippen molar-refractivity contribution in [2.75, 3.05) is 7.11 Å². The van der Waals surface area contributed by atoms with Gasteiger partial charge in [-0.25, -0.2) is 5.43 Å². The summed E-state index contributed by atoms with van der Waals surface area (Å²) in [5, 5.41) is 3.70. The fraction of sp³-hybridized carbons (Fsp3) is 0.133. The number of ether oxygens (including phenoxy) is 2. The highest BCUT2D eigenvalue weighted by Gasteiger charge is 2.15. The van der Waals surface area contributed by atoms with E-state index in [1.165, 1.54) is 37.9 Å². The molecule has 0 bridgehead atoms. The van der Waals surface area contributed by atoms with Crippen molar-refractivity contribution in [3.63, 3.8) is 0 Å². The van der Waals surface area contributed by atoms with Crippen molar-refractivity contribution in [3.8, 4) is 11.5 Å². The van der Waals surface area contributed by atoms with Crippen LogP contribution in [0.25, 0.3) is 0 Å². The summed E-state index contributed by atoms with van der Waals surface area (Å²) in [5.41, 5.74) is 3.07. The van der Waals surface area contributed by atoms with Gasteiger partial charge in [0.05, 0.1) is 23.9 Å². The Bertz CT molecular complexity index is 742. The third-order valence-corrected chi connectivity index (χ3v) is 3.04. The van der Waals surface area contributed by atoms with E-state index in [2.05, 4.69) is 20.2 Å². The highest BCUT2D eigenvalue weighted by atomic mass is 35.5. The first-order valence-corrected chi connectivity index (χ1v) is 6.95. The van der Waals surface area contributed by atoms with Crippen LogP contribution in [0.15, 0.2) is 41.8 Å². The van der Waals surface area contributed by atoms with E-state index in [1.807, 2.05) is 0 Å². The molecule has 0 unspecified atom stereocenters. The van der Waals surface area contributed by atoms with Crippen LogP contribution in [0.3, 0.4) is 0 Å². The van der Waals surface area contributed by atoms with E-state index in [9.17, 15) is 13.6 Å². The van der Waals surface area contributed by atoms with Crippen molar-refractivity contribution >= 4 is 23.7 Å². The molecule has 0 aliphatic rings. The molecular formula is C15H12ClF2N3O3. The van der Waals surface area contributed by atoms with Gasteiger partial charge in [0, 0.05) is 12.4 Å². The quantitative estimate of drug-likeness (QED) is 0.638. The maximum atomic E-state index is 12.4. The Balaban J connectivity index is 2.12. The van der Waals surface area contributed by atoms with Crippen molar-refractivity contribution in [3.05, 3.63) is 52.8 Å². The molecule has 0 atom stereocenters. The topological polar surface area (TPSA) is 72.8 Å². The molecular weight excluding hydrogens is 344 g/mol. The van der Waals surface area contributed by atoms with Crippen molar-refractivity contribution < 1.29 is 23.0 Å². The molecule has 2 rings (SSSR count). The first-order valence-electron chi connectivity index (χ1n) is 6.57. The van der Waals surface area contributed by atoms with Crippen LogP contribution < -0.4 is 14.9 Å². The fourth-order valence-electron chi connectivity index (χ4n) is 1.74. The summed E-state index contributed by atoms with van der Waals surface area (Å²) < 4.78 is 34.0. The van der Waals surface area contributed by atoms with Gasteiger partial charge in [-0.1, -0.05) is 11.6 Å². The average Bonchev–Trinajstić information content (AvgIpc) is 2.57. The van der Waals surface area contributed by atoms with Crippen molar-refractivity contribution in [2.24, 2.45) is 5.10 Å². The first-order chi connectivity index (χ1) is 11.5. The lowest BCUT2D eigenvalue weighted by Gasteiger charge is -2.12. The number of benzene rings is 1. The van der Waals surface area contributed by atoms with E-state index in [0.717, 1.165) is 0 Å². The van der Waals surface area contributed by atoms with Crippen LogP contribution in [0.5, 0.6) is 11.5 Å². The third-order valence-electron chi connectivity index (χ3n) is 2.76. The molecule has 1 aromatic carbocycles. The second kappa shape index (κ2) is 8.21. The Kier molecular flexibility index (Phi) is 6.02. The number of aromatic nitrogens is 1. The molecule has 1 aromatic heterocycles. The summed E-state index contributed by atoms with van der Waals surface area (Å²) in [6.45, 7) is -3.03. The zero-order valence-corrected chi connectivity index (χ0v) is 13.1. The van der Waals surface area contributed by atoms with Gasteiger partial charge in [0.1, 0.15) is 0 Å². The van der Waals surface area contributed by atoms with Gasteiger partial charge in [0.25, 0.3) is 5.91 Å². The lowest BCUT2D eigenvalue weighted by atomic mass is 10.2. The molecule has 9 heteroatoms. The molecule has 0 fully saturated rings. The largest absolute Gasteiger partial charge is 0.493 e. The summed E-state index contributed by atoms with van der Waals surface area (Å²) in [4.78, 5) is 15.6. The second-order valence-electron chi connectivity index (χ2n) is 4.35. The van der Waals surface area contributed by atoms with Gasteiger partial charge in [-0.15, -0.1) is 0 Å². The summed E-state index contributed by atoms with van der Waals surface area (Å²) in [7, 11) is 1.29. The summed E-state index contributed by atoms with van der Waals surface area (Å²) >= 11 is 5.90. The Morgan fingerprint density at radius 3 is 2.88 bits per heavy atom. The number of hydrogen-bond acceptors (Lipinski definition) is 5. The predicted molar refractivity (Wildman–Crippen MR) is 83.9 cm³/mol. The first kappa shape index (κ1) is 17.6. The Hall–Kier alpha value is -2.74.